The summed E-state index contributed by atoms with van der Waals surface area (Å²) in [5, 5.41) is 17.3. The van der Waals surface area contributed by atoms with Crippen LogP contribution in [0.3, 0.4) is 0 Å². The van der Waals surface area contributed by atoms with Crippen molar-refractivity contribution in [2.45, 2.75) is 109 Å². The van der Waals surface area contributed by atoms with Gasteiger partial charge >= 0.3 is 12.1 Å². The summed E-state index contributed by atoms with van der Waals surface area (Å²) < 4.78 is 25.6. The van der Waals surface area contributed by atoms with Crippen molar-refractivity contribution in [2.75, 3.05) is 13.2 Å². The van der Waals surface area contributed by atoms with E-state index in [1.54, 1.807) is 47.9 Å². The molecule has 0 spiro atoms. The van der Waals surface area contributed by atoms with Crippen molar-refractivity contribution in [1.29, 1.82) is 0 Å². The van der Waals surface area contributed by atoms with Gasteiger partial charge in [-0.05, 0) is 92.2 Å². The third-order valence-corrected chi connectivity index (χ3v) is 7.54. The number of aliphatic hydroxyl groups is 1. The molecular weight excluding hydrogens is 582 g/mol. The fourth-order valence-corrected chi connectivity index (χ4v) is 5.35. The molecule has 2 aliphatic carbocycles. The van der Waals surface area contributed by atoms with Crippen molar-refractivity contribution in [1.82, 2.24) is 24.5 Å². The highest BCUT2D eigenvalue weighted by atomic mass is 16.6. The largest absolute Gasteiger partial charge is 0.489 e. The predicted octanol–water partition coefficient (Wildman–Crippen LogP) is 4.64. The number of esters is 1. The molecule has 0 aliphatic heterocycles. The van der Waals surface area contributed by atoms with Gasteiger partial charge in [0.1, 0.15) is 36.0 Å². The Bertz CT molecular complexity index is 1550. The molecule has 45 heavy (non-hydrogen) atoms. The van der Waals surface area contributed by atoms with Crippen LogP contribution < -0.4 is 14.8 Å². The van der Waals surface area contributed by atoms with E-state index in [9.17, 15) is 19.5 Å². The average molecular weight is 626 g/mol. The van der Waals surface area contributed by atoms with Crippen molar-refractivity contribution in [3.05, 3.63) is 41.6 Å². The van der Waals surface area contributed by atoms with E-state index in [1.807, 2.05) is 16.5 Å². The van der Waals surface area contributed by atoms with E-state index in [0.29, 0.717) is 48.6 Å². The van der Waals surface area contributed by atoms with Crippen LogP contribution in [0.15, 0.2) is 24.7 Å². The molecular formula is C32H43N5O8. The number of hydrogen-bond donors (Lipinski definition) is 2. The molecule has 0 radical (unpaired) electrons. The fraction of sp³-hybridized carbons (Fsp3) is 0.594. The summed E-state index contributed by atoms with van der Waals surface area (Å²) in [6.07, 6.45) is 6.28. The molecule has 2 N–H and O–H groups in total. The lowest BCUT2D eigenvalue weighted by molar-refractivity contribution is 0.0279. The average Bonchev–Trinajstić information content (AvgIpc) is 3.55. The van der Waals surface area contributed by atoms with Crippen LogP contribution in [0, 0.1) is 0 Å². The van der Waals surface area contributed by atoms with Crippen LogP contribution >= 0.6 is 0 Å². The van der Waals surface area contributed by atoms with Crippen molar-refractivity contribution in [3.8, 4) is 11.6 Å². The first kappa shape index (κ1) is 32.3. The molecule has 13 nitrogen and oxygen atoms in total. The summed E-state index contributed by atoms with van der Waals surface area (Å²) in [4.78, 5) is 43.2. The van der Waals surface area contributed by atoms with E-state index in [-0.39, 0.29) is 42.7 Å². The molecule has 2 fully saturated rings. The Labute approximate surface area is 262 Å². The van der Waals surface area contributed by atoms with Gasteiger partial charge in [-0.15, -0.1) is 4.68 Å². The van der Waals surface area contributed by atoms with E-state index in [2.05, 4.69) is 15.4 Å². The van der Waals surface area contributed by atoms with E-state index < -0.39 is 23.3 Å². The number of hydrogen-bond acceptors (Lipinski definition) is 10. The van der Waals surface area contributed by atoms with E-state index in [0.717, 1.165) is 23.2 Å². The van der Waals surface area contributed by atoms with Gasteiger partial charge in [0.2, 0.25) is 5.88 Å². The normalized spacial score (nSPS) is 18.8. The van der Waals surface area contributed by atoms with Crippen LogP contribution in [0.1, 0.15) is 113 Å². The summed E-state index contributed by atoms with van der Waals surface area (Å²) in [6, 6.07) is 3.57. The zero-order valence-electron chi connectivity index (χ0n) is 26.8. The maximum absolute atomic E-state index is 13.4. The number of nitrogens with one attached hydrogen (secondary N) is 1. The molecule has 3 heterocycles. The summed E-state index contributed by atoms with van der Waals surface area (Å²) in [7, 11) is 0. The first-order valence-electron chi connectivity index (χ1n) is 15.5. The highest BCUT2D eigenvalue weighted by Crippen LogP contribution is 2.45. The van der Waals surface area contributed by atoms with E-state index in [4.69, 9.17) is 18.9 Å². The number of aromatic nitrogens is 4. The Morgan fingerprint density at radius 2 is 1.76 bits per heavy atom. The van der Waals surface area contributed by atoms with Gasteiger partial charge < -0.3 is 29.4 Å². The molecule has 0 unspecified atom stereocenters. The van der Waals surface area contributed by atoms with Crippen LogP contribution in [-0.4, -0.2) is 78.8 Å². The zero-order chi connectivity index (χ0) is 32.5. The monoisotopic (exact) mass is 625 g/mol. The molecule has 0 atom stereocenters. The van der Waals surface area contributed by atoms with Crippen molar-refractivity contribution >= 4 is 23.5 Å². The van der Waals surface area contributed by atoms with Crippen LogP contribution in [0.25, 0.3) is 5.52 Å². The Morgan fingerprint density at radius 1 is 1.04 bits per heavy atom. The van der Waals surface area contributed by atoms with Gasteiger partial charge in [-0.2, -0.15) is 5.10 Å². The number of nitrogens with zero attached hydrogens (tertiary/aromatic N) is 4. The number of amides is 1. The third kappa shape index (κ3) is 7.75. The first-order chi connectivity index (χ1) is 21.2. The molecule has 244 valence electrons. The number of carbonyl (C=O) groups is 3. The summed E-state index contributed by atoms with van der Waals surface area (Å²) >= 11 is 0. The molecule has 13 heteroatoms. The van der Waals surface area contributed by atoms with Gasteiger partial charge in [0, 0.05) is 12.0 Å². The second kappa shape index (κ2) is 12.7. The molecule has 2 aliphatic rings. The molecule has 5 rings (SSSR count). The minimum Gasteiger partial charge on any atom is -0.489 e. The number of rotatable bonds is 10. The Balaban J connectivity index is 1.24. The molecule has 0 bridgehead atoms. The first-order valence-corrected chi connectivity index (χ1v) is 15.5. The summed E-state index contributed by atoms with van der Waals surface area (Å²) in [6.45, 7) is 10.6. The Hall–Kier alpha value is -4.13. The smallest absolute Gasteiger partial charge is 0.438 e. The summed E-state index contributed by atoms with van der Waals surface area (Å²) in [5.41, 5.74) is 0.307. The topological polar surface area (TPSA) is 156 Å². The lowest BCUT2D eigenvalue weighted by Crippen LogP contribution is -2.40. The predicted molar refractivity (Wildman–Crippen MR) is 163 cm³/mol. The van der Waals surface area contributed by atoms with E-state index in [1.165, 1.54) is 6.20 Å². The molecule has 0 saturated heterocycles. The second-order valence-corrected chi connectivity index (χ2v) is 13.3. The molecule has 3 aromatic rings. The molecule has 3 aromatic heterocycles. The highest BCUT2D eigenvalue weighted by Gasteiger charge is 2.33. The quantitative estimate of drug-likeness (QED) is 0.305. The SMILES string of the molecule is CCOC(=O)c1cnn(C(=O)OC(C)(C)C)c1OC1CCC(NC(=O)c2ncn3c(C4CC4)c(OCC(C)(C)O)ccc23)CC1. The van der Waals surface area contributed by atoms with Gasteiger partial charge in [0.25, 0.3) is 5.91 Å². The maximum Gasteiger partial charge on any atom is 0.438 e. The minimum atomic E-state index is -0.970. The lowest BCUT2D eigenvalue weighted by Gasteiger charge is -2.29. The molecule has 1 amide bonds. The Morgan fingerprint density at radius 3 is 2.38 bits per heavy atom. The number of fused-ring (bicyclic) bond motifs is 1. The van der Waals surface area contributed by atoms with E-state index >= 15 is 0 Å². The summed E-state index contributed by atoms with van der Waals surface area (Å²) in [5.74, 6) is 0.0884. The standard InChI is InChI=1S/C32H43N5O8/c1-7-42-29(39)22-16-34-37(30(40)45-31(2,3)4)28(22)44-21-12-10-20(11-13-21)35-27(38)25-23-14-15-24(43-17-32(5,6)41)26(19-8-9-19)36(23)18-33-25/h14-16,18-21,41H,7-13,17H2,1-6H3,(H,35,38). The van der Waals surface area contributed by atoms with Gasteiger partial charge in [0.15, 0.2) is 5.69 Å². The molecule has 2 saturated carbocycles. The number of imidazole rings is 1. The lowest BCUT2D eigenvalue weighted by atomic mass is 9.93. The second-order valence-electron chi connectivity index (χ2n) is 13.3. The van der Waals surface area contributed by atoms with Crippen LogP contribution in [0.2, 0.25) is 0 Å². The third-order valence-electron chi connectivity index (χ3n) is 7.54. The number of ether oxygens (including phenoxy) is 4. The van der Waals surface area contributed by atoms with Crippen molar-refractivity contribution < 1.29 is 38.4 Å². The fourth-order valence-electron chi connectivity index (χ4n) is 5.35. The van der Waals surface area contributed by atoms with Gasteiger partial charge in [-0.25, -0.2) is 14.6 Å². The van der Waals surface area contributed by atoms with Crippen molar-refractivity contribution in [3.63, 3.8) is 0 Å². The van der Waals surface area contributed by atoms with Gasteiger partial charge in [-0.3, -0.25) is 9.20 Å². The van der Waals surface area contributed by atoms with Gasteiger partial charge in [0.05, 0.1) is 29.6 Å². The zero-order valence-corrected chi connectivity index (χ0v) is 26.8. The highest BCUT2D eigenvalue weighted by molar-refractivity contribution is 5.99. The van der Waals surface area contributed by atoms with Crippen LogP contribution in [0.4, 0.5) is 4.79 Å². The van der Waals surface area contributed by atoms with Crippen LogP contribution in [-0.2, 0) is 9.47 Å². The minimum absolute atomic E-state index is 0.0166. The van der Waals surface area contributed by atoms with Crippen LogP contribution in [0.5, 0.6) is 11.6 Å². The molecule has 0 aromatic carbocycles. The number of carbonyl (C=O) groups excluding carboxylic acids is 3. The van der Waals surface area contributed by atoms with Gasteiger partial charge in [-0.1, -0.05) is 0 Å². The number of pyridine rings is 1. The van der Waals surface area contributed by atoms with Crippen molar-refractivity contribution in [2.24, 2.45) is 0 Å². The Kier molecular flexibility index (Phi) is 9.11. The maximum atomic E-state index is 13.4.